The van der Waals surface area contributed by atoms with Crippen molar-refractivity contribution in [1.82, 2.24) is 4.90 Å². The molecule has 0 amide bonds. The van der Waals surface area contributed by atoms with Gasteiger partial charge in [-0.3, -0.25) is 4.90 Å². The quantitative estimate of drug-likeness (QED) is 0.773. The van der Waals surface area contributed by atoms with Crippen LogP contribution in [0.25, 0.3) is 0 Å². The summed E-state index contributed by atoms with van der Waals surface area (Å²) in [5.41, 5.74) is 2.40. The van der Waals surface area contributed by atoms with Crippen LogP contribution in [0.4, 0.5) is 0 Å². The summed E-state index contributed by atoms with van der Waals surface area (Å²) in [5.74, 6) is -0.622. The first-order valence-corrected chi connectivity index (χ1v) is 10.0. The molecule has 0 unspecified atom stereocenters. The molecule has 2 aromatic carbocycles. The number of rotatable bonds is 6. The summed E-state index contributed by atoms with van der Waals surface area (Å²) in [4.78, 5) is 2.35. The van der Waals surface area contributed by atoms with Gasteiger partial charge in [-0.25, -0.2) is 0 Å². The van der Waals surface area contributed by atoms with Crippen molar-refractivity contribution in [2.24, 2.45) is 0 Å². The van der Waals surface area contributed by atoms with E-state index in [0.29, 0.717) is 13.0 Å². The SMILES string of the molecule is C=CC[C@@H](O)[C@@H]1[C@H]2OC(C)(C)O[C@H]2CN1C(c1ccccc1)c1ccccc1. The third kappa shape index (κ3) is 3.65. The minimum Gasteiger partial charge on any atom is -0.391 e. The fourth-order valence-electron chi connectivity index (χ4n) is 4.69. The molecule has 0 saturated carbocycles. The fourth-order valence-corrected chi connectivity index (χ4v) is 4.69. The minimum atomic E-state index is -0.622. The second-order valence-electron chi connectivity index (χ2n) is 8.14. The first kappa shape index (κ1) is 19.3. The smallest absolute Gasteiger partial charge is 0.163 e. The number of hydrogen-bond acceptors (Lipinski definition) is 4. The van der Waals surface area contributed by atoms with E-state index < -0.39 is 11.9 Å². The van der Waals surface area contributed by atoms with Gasteiger partial charge in [-0.15, -0.1) is 6.58 Å². The maximum atomic E-state index is 11.0. The lowest BCUT2D eigenvalue weighted by Gasteiger charge is -2.38. The van der Waals surface area contributed by atoms with Crippen LogP contribution in [0.15, 0.2) is 73.3 Å². The molecule has 0 spiro atoms. The van der Waals surface area contributed by atoms with Crippen molar-refractivity contribution in [3.05, 3.63) is 84.4 Å². The van der Waals surface area contributed by atoms with Crippen LogP contribution in [-0.4, -0.2) is 46.7 Å². The first-order chi connectivity index (χ1) is 13.5. The summed E-state index contributed by atoms with van der Waals surface area (Å²) in [6.45, 7) is 8.42. The second-order valence-corrected chi connectivity index (χ2v) is 8.14. The van der Waals surface area contributed by atoms with E-state index in [4.69, 9.17) is 9.47 Å². The zero-order chi connectivity index (χ0) is 19.7. The van der Waals surface area contributed by atoms with E-state index in [1.165, 1.54) is 11.1 Å². The molecule has 2 aliphatic rings. The Kier molecular flexibility index (Phi) is 5.39. The van der Waals surface area contributed by atoms with Gasteiger partial charge in [0.2, 0.25) is 0 Å². The van der Waals surface area contributed by atoms with Crippen molar-refractivity contribution in [3.63, 3.8) is 0 Å². The first-order valence-electron chi connectivity index (χ1n) is 10.0. The molecule has 2 saturated heterocycles. The third-order valence-electron chi connectivity index (χ3n) is 5.70. The highest BCUT2D eigenvalue weighted by Gasteiger charge is 2.56. The van der Waals surface area contributed by atoms with E-state index in [0.717, 1.165) is 0 Å². The van der Waals surface area contributed by atoms with Gasteiger partial charge in [0.05, 0.1) is 18.2 Å². The standard InChI is InChI=1S/C24H29NO3/c1-4-11-19(26)22-23-20(27-24(2,3)28-23)16-25(22)21(17-12-7-5-8-13-17)18-14-9-6-10-15-18/h4-10,12-15,19-23,26H,1,11,16H2,2-3H3/t19-,20+,22-,23+/m1/s1. The van der Waals surface area contributed by atoms with E-state index in [1.807, 2.05) is 26.0 Å². The van der Waals surface area contributed by atoms with Crippen molar-refractivity contribution in [2.45, 2.75) is 56.5 Å². The van der Waals surface area contributed by atoms with Crippen molar-refractivity contribution >= 4 is 0 Å². The zero-order valence-corrected chi connectivity index (χ0v) is 16.6. The monoisotopic (exact) mass is 379 g/mol. The maximum Gasteiger partial charge on any atom is 0.163 e. The Morgan fingerprint density at radius 1 is 1.07 bits per heavy atom. The molecular weight excluding hydrogens is 350 g/mol. The van der Waals surface area contributed by atoms with Crippen LogP contribution < -0.4 is 0 Å². The van der Waals surface area contributed by atoms with E-state index in [1.54, 1.807) is 6.08 Å². The minimum absolute atomic E-state index is 0.0211. The molecule has 0 aromatic heterocycles. The van der Waals surface area contributed by atoms with Crippen LogP contribution in [-0.2, 0) is 9.47 Å². The number of benzene rings is 2. The normalized spacial score (nSPS) is 27.6. The van der Waals surface area contributed by atoms with Gasteiger partial charge in [0.25, 0.3) is 0 Å². The highest BCUT2D eigenvalue weighted by molar-refractivity contribution is 5.33. The molecule has 1 N–H and O–H groups in total. The molecule has 4 heteroatoms. The van der Waals surface area contributed by atoms with Crippen molar-refractivity contribution in [3.8, 4) is 0 Å². The molecule has 0 radical (unpaired) electrons. The van der Waals surface area contributed by atoms with Gasteiger partial charge in [0.15, 0.2) is 5.79 Å². The number of ether oxygens (including phenoxy) is 2. The molecule has 2 aliphatic heterocycles. The third-order valence-corrected chi connectivity index (χ3v) is 5.70. The highest BCUT2D eigenvalue weighted by Crippen LogP contribution is 2.43. The number of hydrogen-bond donors (Lipinski definition) is 1. The molecule has 2 heterocycles. The van der Waals surface area contributed by atoms with Crippen LogP contribution in [0.5, 0.6) is 0 Å². The highest BCUT2D eigenvalue weighted by atomic mass is 16.8. The molecule has 4 nitrogen and oxygen atoms in total. The van der Waals surface area contributed by atoms with Crippen molar-refractivity contribution in [1.29, 1.82) is 0 Å². The van der Waals surface area contributed by atoms with Gasteiger partial charge in [-0.05, 0) is 31.4 Å². The predicted molar refractivity (Wildman–Crippen MR) is 110 cm³/mol. The zero-order valence-electron chi connectivity index (χ0n) is 16.6. The maximum absolute atomic E-state index is 11.0. The average molecular weight is 380 g/mol. The molecule has 148 valence electrons. The summed E-state index contributed by atoms with van der Waals surface area (Å²) < 4.78 is 12.4. The molecule has 0 aliphatic carbocycles. The van der Waals surface area contributed by atoms with Crippen molar-refractivity contribution in [2.75, 3.05) is 6.54 Å². The average Bonchev–Trinajstić information content (AvgIpc) is 3.15. The van der Waals surface area contributed by atoms with Crippen LogP contribution in [0.2, 0.25) is 0 Å². The molecule has 2 fully saturated rings. The van der Waals surface area contributed by atoms with Crippen LogP contribution in [0.3, 0.4) is 0 Å². The Morgan fingerprint density at radius 2 is 1.64 bits per heavy atom. The molecule has 4 rings (SSSR count). The Labute approximate surface area is 167 Å². The van der Waals surface area contributed by atoms with E-state index >= 15 is 0 Å². The van der Waals surface area contributed by atoms with Gasteiger partial charge in [-0.2, -0.15) is 0 Å². The van der Waals surface area contributed by atoms with Gasteiger partial charge in [0.1, 0.15) is 12.2 Å². The Hall–Kier alpha value is -1.98. The van der Waals surface area contributed by atoms with Gasteiger partial charge < -0.3 is 14.6 Å². The molecule has 4 atom stereocenters. The summed E-state index contributed by atoms with van der Waals surface area (Å²) >= 11 is 0. The number of aliphatic hydroxyl groups is 1. The fraction of sp³-hybridized carbons (Fsp3) is 0.417. The van der Waals surface area contributed by atoms with E-state index in [9.17, 15) is 5.11 Å². The molecule has 2 aromatic rings. The number of nitrogens with zero attached hydrogens (tertiary/aromatic N) is 1. The van der Waals surface area contributed by atoms with Gasteiger partial charge in [0, 0.05) is 6.54 Å². The van der Waals surface area contributed by atoms with Crippen LogP contribution in [0, 0.1) is 0 Å². The summed E-state index contributed by atoms with van der Waals surface area (Å²) in [6.07, 6.45) is 1.50. The van der Waals surface area contributed by atoms with E-state index in [2.05, 4.69) is 60.0 Å². The number of likely N-dealkylation sites (tertiary alicyclic amines) is 1. The largest absolute Gasteiger partial charge is 0.391 e. The lowest BCUT2D eigenvalue weighted by atomic mass is 9.94. The Bertz CT molecular complexity index is 753. The molecular formula is C24H29NO3. The number of fused-ring (bicyclic) bond motifs is 1. The molecule has 28 heavy (non-hydrogen) atoms. The summed E-state index contributed by atoms with van der Waals surface area (Å²) in [5, 5.41) is 11.0. The van der Waals surface area contributed by atoms with E-state index in [-0.39, 0.29) is 24.3 Å². The molecule has 0 bridgehead atoms. The second kappa shape index (κ2) is 7.80. The lowest BCUT2D eigenvalue weighted by molar-refractivity contribution is -0.168. The predicted octanol–water partition coefficient (Wildman–Crippen LogP) is 3.92. The van der Waals surface area contributed by atoms with Crippen molar-refractivity contribution < 1.29 is 14.6 Å². The Balaban J connectivity index is 1.75. The number of aliphatic hydroxyl groups excluding tert-OH is 1. The van der Waals surface area contributed by atoms with Crippen LogP contribution in [0.1, 0.15) is 37.4 Å². The van der Waals surface area contributed by atoms with Gasteiger partial charge >= 0.3 is 0 Å². The Morgan fingerprint density at radius 3 is 2.18 bits per heavy atom. The topological polar surface area (TPSA) is 41.9 Å². The van der Waals surface area contributed by atoms with Crippen LogP contribution >= 0.6 is 0 Å². The van der Waals surface area contributed by atoms with Gasteiger partial charge in [-0.1, -0.05) is 66.7 Å². The summed E-state index contributed by atoms with van der Waals surface area (Å²) in [7, 11) is 0. The lowest BCUT2D eigenvalue weighted by Crippen LogP contribution is -2.48. The summed E-state index contributed by atoms with van der Waals surface area (Å²) in [6, 6.07) is 20.8.